The van der Waals surface area contributed by atoms with Crippen LogP contribution in [-0.2, 0) is 9.59 Å². The first-order valence-corrected chi connectivity index (χ1v) is 22.5. The van der Waals surface area contributed by atoms with Gasteiger partial charge in [-0.3, -0.25) is 14.4 Å². The largest absolute Gasteiger partial charge is 0.449 e. The van der Waals surface area contributed by atoms with Crippen LogP contribution in [0.25, 0.3) is 16.8 Å². The molecule has 15 nitrogen and oxygen atoms in total. The Labute approximate surface area is 385 Å². The molecular formula is C48H63ClFN9O6. The van der Waals surface area contributed by atoms with Crippen LogP contribution in [-0.4, -0.2) is 105 Å². The fourth-order valence-corrected chi connectivity index (χ4v) is 7.49. The SMILES string of the molecule is CC(=NO)C(C)(C)NCCC(CCNC(=O)CCCC(=O)N1CCN(c2cnn(-c3ccc(Cl)cc3)c(=O)c2Oc2ccc(-c3ccc(F)cc3)cc2)CC1)CCNC(C)(C)C(C)=NO. The van der Waals surface area contributed by atoms with Crippen LogP contribution in [0.2, 0.25) is 5.02 Å². The van der Waals surface area contributed by atoms with Gasteiger partial charge in [-0.2, -0.15) is 9.78 Å². The fourth-order valence-electron chi connectivity index (χ4n) is 7.37. The average molecular weight is 917 g/mol. The van der Waals surface area contributed by atoms with Gasteiger partial charge in [0.15, 0.2) is 0 Å². The summed E-state index contributed by atoms with van der Waals surface area (Å²) in [5.74, 6) is 0.297. The summed E-state index contributed by atoms with van der Waals surface area (Å²) >= 11 is 6.12. The summed E-state index contributed by atoms with van der Waals surface area (Å²) in [4.78, 5) is 44.0. The van der Waals surface area contributed by atoms with Gasteiger partial charge in [-0.25, -0.2) is 4.39 Å². The van der Waals surface area contributed by atoms with Crippen molar-refractivity contribution >= 4 is 40.5 Å². The van der Waals surface area contributed by atoms with Crippen LogP contribution in [0.4, 0.5) is 10.1 Å². The van der Waals surface area contributed by atoms with Crippen molar-refractivity contribution in [3.05, 3.63) is 100 Å². The predicted octanol–water partition coefficient (Wildman–Crippen LogP) is 7.64. The van der Waals surface area contributed by atoms with Gasteiger partial charge < -0.3 is 40.9 Å². The lowest BCUT2D eigenvalue weighted by atomic mass is 9.94. The molecule has 5 rings (SSSR count). The van der Waals surface area contributed by atoms with E-state index >= 15 is 0 Å². The zero-order valence-corrected chi connectivity index (χ0v) is 39.0. The maximum atomic E-state index is 14.1. The molecule has 2 heterocycles. The van der Waals surface area contributed by atoms with Crippen molar-refractivity contribution in [1.82, 2.24) is 30.6 Å². The van der Waals surface area contributed by atoms with Crippen molar-refractivity contribution < 1.29 is 29.1 Å². The standard InChI is InChI=1S/C48H63ClFN9O6/c1-33(55-63)47(3,4)52-26-23-35(24-27-53-48(5,6)34(2)56-64)22-25-51-43(60)8-7-9-44(61)58-30-28-57(29-31-58)42-32-54-59(40-18-14-38(49)15-19-40)46(62)45(42)65-41-20-12-37(13-21-41)36-10-16-39(50)17-11-36/h10-21,32,35,52-53,63-64H,7-9,22-31H2,1-6H3,(H,51,60). The van der Waals surface area contributed by atoms with E-state index in [4.69, 9.17) is 16.3 Å². The summed E-state index contributed by atoms with van der Waals surface area (Å²) in [7, 11) is 0. The smallest absolute Gasteiger partial charge is 0.316 e. The zero-order chi connectivity index (χ0) is 47.1. The second-order valence-corrected chi connectivity index (χ2v) is 17.9. The Bertz CT molecular complexity index is 2280. The molecule has 0 bridgehead atoms. The summed E-state index contributed by atoms with van der Waals surface area (Å²) < 4.78 is 21.1. The van der Waals surface area contributed by atoms with E-state index in [9.17, 15) is 29.2 Å². The van der Waals surface area contributed by atoms with Gasteiger partial charge in [0.2, 0.25) is 17.6 Å². The van der Waals surface area contributed by atoms with Gasteiger partial charge in [0, 0.05) is 50.6 Å². The molecule has 5 N–H and O–H groups in total. The Hall–Kier alpha value is -5.84. The highest BCUT2D eigenvalue weighted by Gasteiger charge is 2.27. The van der Waals surface area contributed by atoms with E-state index in [1.807, 2.05) is 44.7 Å². The lowest BCUT2D eigenvalue weighted by Crippen LogP contribution is -2.49. The molecule has 1 aliphatic rings. The van der Waals surface area contributed by atoms with Crippen molar-refractivity contribution in [1.29, 1.82) is 0 Å². The minimum Gasteiger partial charge on any atom is -0.449 e. The number of ether oxygens (including phenoxy) is 1. The molecule has 17 heteroatoms. The Balaban J connectivity index is 1.13. The van der Waals surface area contributed by atoms with E-state index in [2.05, 4.69) is 31.4 Å². The number of amides is 2. The highest BCUT2D eigenvalue weighted by atomic mass is 35.5. The van der Waals surface area contributed by atoms with Crippen LogP contribution in [0.3, 0.4) is 0 Å². The van der Waals surface area contributed by atoms with Crippen LogP contribution >= 0.6 is 11.6 Å². The monoisotopic (exact) mass is 915 g/mol. The molecule has 0 spiro atoms. The molecule has 0 atom stereocenters. The van der Waals surface area contributed by atoms with Crippen molar-refractivity contribution in [3.8, 4) is 28.3 Å². The van der Waals surface area contributed by atoms with E-state index in [0.29, 0.717) is 85.8 Å². The number of nitrogens with one attached hydrogen (secondary N) is 3. The maximum Gasteiger partial charge on any atom is 0.316 e. The predicted molar refractivity (Wildman–Crippen MR) is 254 cm³/mol. The summed E-state index contributed by atoms with van der Waals surface area (Å²) in [6.07, 6.45) is 4.88. The second kappa shape index (κ2) is 23.4. The Morgan fingerprint density at radius 1 is 0.800 bits per heavy atom. The minimum absolute atomic E-state index is 0.0414. The number of aromatic nitrogens is 2. The molecule has 1 saturated heterocycles. The van der Waals surface area contributed by atoms with Crippen molar-refractivity contribution in [2.45, 2.75) is 91.1 Å². The highest BCUT2D eigenvalue weighted by Crippen LogP contribution is 2.32. The number of piperazine rings is 1. The zero-order valence-electron chi connectivity index (χ0n) is 38.2. The van der Waals surface area contributed by atoms with Crippen molar-refractivity contribution in [2.24, 2.45) is 16.2 Å². The van der Waals surface area contributed by atoms with E-state index < -0.39 is 16.6 Å². The molecule has 4 aromatic rings. The van der Waals surface area contributed by atoms with Gasteiger partial charge in [-0.15, -0.1) is 0 Å². The lowest BCUT2D eigenvalue weighted by molar-refractivity contribution is -0.131. The first-order chi connectivity index (χ1) is 31.0. The van der Waals surface area contributed by atoms with E-state index in [1.165, 1.54) is 16.8 Å². The molecule has 0 aliphatic carbocycles. The van der Waals surface area contributed by atoms with Gasteiger partial charge in [0.25, 0.3) is 0 Å². The molecular weight excluding hydrogens is 853 g/mol. The third-order valence-electron chi connectivity index (χ3n) is 12.2. The molecule has 0 unspecified atom stereocenters. The van der Waals surface area contributed by atoms with Gasteiger partial charge in [0.05, 0.1) is 34.4 Å². The maximum absolute atomic E-state index is 14.1. The Kier molecular flexibility index (Phi) is 18.0. The van der Waals surface area contributed by atoms with Gasteiger partial charge >= 0.3 is 5.56 Å². The second-order valence-electron chi connectivity index (χ2n) is 17.5. The van der Waals surface area contributed by atoms with Gasteiger partial charge in [0.1, 0.15) is 17.3 Å². The fraction of sp³-hybridized carbons (Fsp3) is 0.458. The number of carbonyl (C=O) groups is 2. The summed E-state index contributed by atoms with van der Waals surface area (Å²) in [6.45, 7) is 14.9. The molecule has 1 aromatic heterocycles. The van der Waals surface area contributed by atoms with Crippen molar-refractivity contribution in [2.75, 3.05) is 50.7 Å². The number of anilines is 1. The van der Waals surface area contributed by atoms with Crippen LogP contribution < -0.4 is 31.1 Å². The average Bonchev–Trinajstić information content (AvgIpc) is 3.29. The quantitative estimate of drug-likeness (QED) is 0.0298. The first-order valence-electron chi connectivity index (χ1n) is 22.1. The summed E-state index contributed by atoms with van der Waals surface area (Å²) in [6, 6.07) is 20.1. The molecule has 1 fully saturated rings. The molecule has 2 amide bonds. The van der Waals surface area contributed by atoms with Crippen LogP contribution in [0.5, 0.6) is 11.5 Å². The number of rotatable bonds is 22. The van der Waals surface area contributed by atoms with Crippen LogP contribution in [0.1, 0.15) is 80.1 Å². The van der Waals surface area contributed by atoms with Crippen LogP contribution in [0.15, 0.2) is 94.1 Å². The molecule has 65 heavy (non-hydrogen) atoms. The summed E-state index contributed by atoms with van der Waals surface area (Å²) in [5, 5.41) is 40.2. The summed E-state index contributed by atoms with van der Waals surface area (Å²) in [5.41, 5.74) is 2.45. The lowest BCUT2D eigenvalue weighted by Gasteiger charge is -2.36. The molecule has 0 radical (unpaired) electrons. The molecule has 1 aliphatic heterocycles. The Morgan fingerprint density at radius 2 is 1.34 bits per heavy atom. The third kappa shape index (κ3) is 14.3. The number of nitrogens with zero attached hydrogens (tertiary/aromatic N) is 6. The number of hydrogen-bond acceptors (Lipinski definition) is 12. The van der Waals surface area contributed by atoms with Crippen molar-refractivity contribution in [3.63, 3.8) is 0 Å². The Morgan fingerprint density at radius 3 is 1.89 bits per heavy atom. The number of benzene rings is 3. The highest BCUT2D eigenvalue weighted by molar-refractivity contribution is 6.30. The number of oxime groups is 2. The van der Waals surface area contributed by atoms with E-state index in [0.717, 1.165) is 30.4 Å². The minimum atomic E-state index is -0.473. The van der Waals surface area contributed by atoms with Gasteiger partial charge in [-0.1, -0.05) is 46.2 Å². The van der Waals surface area contributed by atoms with E-state index in [-0.39, 0.29) is 42.1 Å². The molecule has 350 valence electrons. The first kappa shape index (κ1) is 50.2. The number of hydrogen-bond donors (Lipinski definition) is 5. The third-order valence-corrected chi connectivity index (χ3v) is 12.5. The number of carbonyl (C=O) groups excluding carboxylic acids is 2. The normalized spacial score (nSPS) is 14.3. The van der Waals surface area contributed by atoms with Gasteiger partial charge in [-0.05, 0) is 146 Å². The topological polar surface area (TPSA) is 186 Å². The molecule has 3 aromatic carbocycles. The van der Waals surface area contributed by atoms with E-state index in [1.54, 1.807) is 73.5 Å². The van der Waals surface area contributed by atoms with Crippen LogP contribution in [0, 0.1) is 11.7 Å². The molecule has 0 saturated carbocycles. The number of halogens is 2.